The van der Waals surface area contributed by atoms with Gasteiger partial charge in [-0.3, -0.25) is 14.2 Å². The number of amides is 1. The minimum absolute atomic E-state index is 0.00147. The normalized spacial score (nSPS) is 30.5. The van der Waals surface area contributed by atoms with E-state index in [2.05, 4.69) is 15.6 Å². The number of ether oxygens (including phenoxy) is 3. The predicted molar refractivity (Wildman–Crippen MR) is 154 cm³/mol. The van der Waals surface area contributed by atoms with Crippen molar-refractivity contribution in [2.24, 2.45) is 0 Å². The fourth-order valence-corrected chi connectivity index (χ4v) is 5.31. The third kappa shape index (κ3) is 7.22. The molecule has 2 saturated heterocycles. The first-order chi connectivity index (χ1) is 19.8. The molecule has 13 nitrogen and oxygen atoms in total. The molecule has 2 aliphatic heterocycles. The van der Waals surface area contributed by atoms with Crippen LogP contribution in [0, 0.1) is 0 Å². The lowest BCUT2D eigenvalue weighted by Crippen LogP contribution is -2.62. The molecule has 2 fully saturated rings. The molecule has 2 aromatic rings. The van der Waals surface area contributed by atoms with Crippen LogP contribution in [0.1, 0.15) is 57.1 Å². The van der Waals surface area contributed by atoms with Crippen LogP contribution in [0.3, 0.4) is 0 Å². The number of aliphatic hydroxyl groups excluding tert-OH is 2. The number of nitrogens with one attached hydrogen (secondary N) is 2. The highest BCUT2D eigenvalue weighted by Crippen LogP contribution is 2.32. The van der Waals surface area contributed by atoms with Crippen LogP contribution in [0.15, 0.2) is 41.3 Å². The molecule has 0 radical (unpaired) electrons. The van der Waals surface area contributed by atoms with Crippen molar-refractivity contribution in [1.29, 1.82) is 0 Å². The number of aromatic nitrogens is 2. The van der Waals surface area contributed by atoms with Gasteiger partial charge in [0, 0.05) is 17.4 Å². The average molecular weight is 588 g/mol. The van der Waals surface area contributed by atoms with Crippen molar-refractivity contribution >= 4 is 23.2 Å². The summed E-state index contributed by atoms with van der Waals surface area (Å²) in [7, 11) is 3.62. The SMILES string of the molecule is CC(=O)C(C)Nc1ccc(C(=O)Nc2ccn([C@H]3CC[C@H](O[C@H]4O[C@H](C)[C@@H](N(C)C)[C@H](O)[C@H]4O)[C@@H](C)O3)c(=O)n2)cc1. The monoisotopic (exact) mass is 587 g/mol. The van der Waals surface area contributed by atoms with Crippen molar-refractivity contribution in [2.75, 3.05) is 24.7 Å². The summed E-state index contributed by atoms with van der Waals surface area (Å²) in [6.07, 6.45) is -2.63. The van der Waals surface area contributed by atoms with E-state index in [1.807, 2.05) is 32.8 Å². The Balaban J connectivity index is 1.33. The van der Waals surface area contributed by atoms with Gasteiger partial charge in [0.25, 0.3) is 5.91 Å². The molecule has 42 heavy (non-hydrogen) atoms. The number of anilines is 2. The van der Waals surface area contributed by atoms with E-state index in [9.17, 15) is 24.6 Å². The number of likely N-dealkylation sites (N-methyl/N-ethyl adjacent to an activating group) is 1. The van der Waals surface area contributed by atoms with E-state index in [4.69, 9.17) is 14.2 Å². The van der Waals surface area contributed by atoms with E-state index in [1.165, 1.54) is 23.8 Å². The van der Waals surface area contributed by atoms with Gasteiger partial charge in [0.15, 0.2) is 12.1 Å². The van der Waals surface area contributed by atoms with E-state index < -0.39 is 48.5 Å². The van der Waals surface area contributed by atoms with Crippen LogP contribution in [0.25, 0.3) is 0 Å². The van der Waals surface area contributed by atoms with E-state index in [-0.39, 0.29) is 29.8 Å². The van der Waals surface area contributed by atoms with Gasteiger partial charge in [0.2, 0.25) is 0 Å². The van der Waals surface area contributed by atoms with Gasteiger partial charge in [0.05, 0.1) is 30.4 Å². The molecule has 230 valence electrons. The minimum Gasteiger partial charge on any atom is -0.388 e. The van der Waals surface area contributed by atoms with Crippen molar-refractivity contribution in [1.82, 2.24) is 14.5 Å². The molecular weight excluding hydrogens is 546 g/mol. The van der Waals surface area contributed by atoms with Crippen molar-refractivity contribution in [3.05, 3.63) is 52.6 Å². The highest BCUT2D eigenvalue weighted by Gasteiger charge is 2.46. The van der Waals surface area contributed by atoms with E-state index in [1.54, 1.807) is 31.2 Å². The number of benzene rings is 1. The van der Waals surface area contributed by atoms with Gasteiger partial charge in [-0.15, -0.1) is 0 Å². The predicted octanol–water partition coefficient (Wildman–Crippen LogP) is 1.36. The Morgan fingerprint density at radius 3 is 2.36 bits per heavy atom. The summed E-state index contributed by atoms with van der Waals surface area (Å²) in [5.74, 6) is -0.329. The smallest absolute Gasteiger partial charge is 0.351 e. The second-order valence-electron chi connectivity index (χ2n) is 11.2. The van der Waals surface area contributed by atoms with Gasteiger partial charge in [-0.05, 0) is 85.0 Å². The van der Waals surface area contributed by atoms with Crippen LogP contribution < -0.4 is 16.3 Å². The topological polar surface area (TPSA) is 164 Å². The number of nitrogens with zero attached hydrogens (tertiary/aromatic N) is 3. The Labute approximate surface area is 244 Å². The lowest BCUT2D eigenvalue weighted by atomic mass is 9.96. The minimum atomic E-state index is -1.22. The molecule has 1 aromatic carbocycles. The molecule has 4 N–H and O–H groups in total. The number of carbonyl (C=O) groups excluding carboxylic acids is 2. The van der Waals surface area contributed by atoms with Crippen LogP contribution in [0.2, 0.25) is 0 Å². The van der Waals surface area contributed by atoms with Crippen molar-refractivity contribution in [3.63, 3.8) is 0 Å². The fraction of sp³-hybridized carbons (Fsp3) is 0.586. The molecule has 0 spiro atoms. The maximum atomic E-state index is 12.8. The summed E-state index contributed by atoms with van der Waals surface area (Å²) in [4.78, 5) is 42.8. The molecule has 0 bridgehead atoms. The molecule has 0 saturated carbocycles. The maximum absolute atomic E-state index is 12.8. The van der Waals surface area contributed by atoms with Gasteiger partial charge in [-0.25, -0.2) is 4.79 Å². The molecule has 1 amide bonds. The number of aliphatic hydroxyl groups is 2. The second kappa shape index (κ2) is 13.4. The van der Waals surface area contributed by atoms with E-state index in [0.717, 1.165) is 0 Å². The van der Waals surface area contributed by atoms with E-state index in [0.29, 0.717) is 24.1 Å². The molecular formula is C29H41N5O8. The molecule has 1 unspecified atom stereocenters. The number of carbonyl (C=O) groups is 2. The number of ketones is 1. The summed E-state index contributed by atoms with van der Waals surface area (Å²) in [6, 6.07) is 7.42. The highest BCUT2D eigenvalue weighted by molar-refractivity contribution is 6.03. The fourth-order valence-electron chi connectivity index (χ4n) is 5.31. The zero-order valence-electron chi connectivity index (χ0n) is 24.8. The third-order valence-electron chi connectivity index (χ3n) is 7.83. The standard InChI is InChI=1S/C29H41N5O8/c1-15(16(2)35)30-20-9-7-19(8-10-20)27(38)31-22-13-14-34(29(39)32-22)23-12-11-21(17(3)40-23)42-28-26(37)25(36)24(33(5)6)18(4)41-28/h7-10,13-15,17-18,21,23-26,28,30,36-37H,11-12H2,1-6H3,(H,31,32,38,39)/t15?,17-,18-,21+,23-,24-,25+,26-,28-/m1/s1. The van der Waals surface area contributed by atoms with Crippen LogP contribution in [0.4, 0.5) is 11.5 Å². The van der Waals surface area contributed by atoms with Gasteiger partial charge in [-0.1, -0.05) is 0 Å². The van der Waals surface area contributed by atoms with Crippen LogP contribution >= 0.6 is 0 Å². The van der Waals surface area contributed by atoms with Crippen LogP contribution in [-0.4, -0.2) is 99.3 Å². The Hall–Kier alpha value is -3.20. The first-order valence-electron chi connectivity index (χ1n) is 14.1. The van der Waals surface area contributed by atoms with E-state index >= 15 is 0 Å². The molecule has 13 heteroatoms. The largest absolute Gasteiger partial charge is 0.388 e. The summed E-state index contributed by atoms with van der Waals surface area (Å²) >= 11 is 0. The van der Waals surface area contributed by atoms with Crippen molar-refractivity contribution < 1.29 is 34.0 Å². The lowest BCUT2D eigenvalue weighted by Gasteiger charge is -2.46. The van der Waals surface area contributed by atoms with Gasteiger partial charge in [-0.2, -0.15) is 4.98 Å². The Morgan fingerprint density at radius 1 is 1.07 bits per heavy atom. The first-order valence-corrected chi connectivity index (χ1v) is 14.1. The highest BCUT2D eigenvalue weighted by atomic mass is 16.7. The van der Waals surface area contributed by atoms with Gasteiger partial charge in [0.1, 0.15) is 24.3 Å². The third-order valence-corrected chi connectivity index (χ3v) is 7.83. The number of rotatable bonds is 9. The lowest BCUT2D eigenvalue weighted by molar-refractivity contribution is -0.310. The number of hydrogen-bond donors (Lipinski definition) is 4. The molecule has 0 aliphatic carbocycles. The summed E-state index contributed by atoms with van der Waals surface area (Å²) in [6.45, 7) is 6.89. The number of Topliss-reactive ketones (excluding diaryl/α,β-unsaturated/α-hetero) is 1. The zero-order chi connectivity index (χ0) is 30.7. The zero-order valence-corrected chi connectivity index (χ0v) is 24.8. The van der Waals surface area contributed by atoms with Crippen molar-refractivity contribution in [2.45, 2.75) is 95.7 Å². The summed E-state index contributed by atoms with van der Waals surface area (Å²) in [5.41, 5.74) is 0.487. The summed E-state index contributed by atoms with van der Waals surface area (Å²) < 4.78 is 19.4. The van der Waals surface area contributed by atoms with Crippen molar-refractivity contribution in [3.8, 4) is 0 Å². The first kappa shape index (κ1) is 31.7. The molecule has 3 heterocycles. The molecule has 1 aromatic heterocycles. The van der Waals surface area contributed by atoms with Gasteiger partial charge >= 0.3 is 5.69 Å². The average Bonchev–Trinajstić information content (AvgIpc) is 2.92. The summed E-state index contributed by atoms with van der Waals surface area (Å²) in [5, 5.41) is 26.9. The quantitative estimate of drug-likeness (QED) is 0.335. The second-order valence-corrected chi connectivity index (χ2v) is 11.2. The Morgan fingerprint density at radius 2 is 1.76 bits per heavy atom. The molecule has 4 rings (SSSR count). The maximum Gasteiger partial charge on any atom is 0.351 e. The molecule has 2 aliphatic rings. The Bertz CT molecular complexity index is 1300. The van der Waals surface area contributed by atoms with Crippen LogP contribution in [-0.2, 0) is 19.0 Å². The Kier molecular flexibility index (Phi) is 10.1. The number of hydrogen-bond acceptors (Lipinski definition) is 11. The molecule has 9 atom stereocenters. The van der Waals surface area contributed by atoms with Gasteiger partial charge < -0.3 is 40.0 Å². The van der Waals surface area contributed by atoms with Crippen LogP contribution in [0.5, 0.6) is 0 Å².